The Bertz CT molecular complexity index is 357. The number of piperidine rings is 1. The van der Waals surface area contributed by atoms with Crippen LogP contribution in [0.4, 0.5) is 15.8 Å². The molecule has 2 rings (SSSR count). The lowest BCUT2D eigenvalue weighted by molar-refractivity contribution is 0.575. The second-order valence-corrected chi connectivity index (χ2v) is 4.18. The van der Waals surface area contributed by atoms with Gasteiger partial charge < -0.3 is 10.6 Å². The van der Waals surface area contributed by atoms with Crippen molar-refractivity contribution in [2.24, 2.45) is 0 Å². The molecule has 0 aromatic heterocycles. The maximum atomic E-state index is 13.6. The lowest BCUT2D eigenvalue weighted by Gasteiger charge is -2.30. The molecule has 3 heteroatoms. The molecule has 0 unspecified atom stereocenters. The van der Waals surface area contributed by atoms with E-state index in [9.17, 15) is 4.39 Å². The van der Waals surface area contributed by atoms with Crippen LogP contribution >= 0.6 is 0 Å². The second kappa shape index (κ2) is 4.09. The molecule has 0 saturated carbocycles. The van der Waals surface area contributed by atoms with Crippen LogP contribution in [0.3, 0.4) is 0 Å². The Morgan fingerprint density at radius 1 is 1.20 bits per heavy atom. The number of nitrogen functional groups attached to an aromatic ring is 1. The standard InChI is InChI=1S/C12H17FN2/c1-9-5-6-10(12(14)11(9)13)15-7-3-2-4-8-15/h5-6H,2-4,7-8,14H2,1H3. The van der Waals surface area contributed by atoms with Gasteiger partial charge in [-0.15, -0.1) is 0 Å². The fourth-order valence-electron chi connectivity index (χ4n) is 2.10. The summed E-state index contributed by atoms with van der Waals surface area (Å²) in [5, 5.41) is 0. The zero-order valence-electron chi connectivity index (χ0n) is 9.09. The van der Waals surface area contributed by atoms with E-state index in [1.807, 2.05) is 6.07 Å². The highest BCUT2D eigenvalue weighted by Crippen LogP contribution is 2.29. The zero-order valence-corrected chi connectivity index (χ0v) is 9.09. The average molecular weight is 208 g/mol. The van der Waals surface area contributed by atoms with Gasteiger partial charge in [-0.3, -0.25) is 0 Å². The maximum absolute atomic E-state index is 13.6. The number of aryl methyl sites for hydroxylation is 1. The molecule has 1 aromatic rings. The molecule has 1 aromatic carbocycles. The maximum Gasteiger partial charge on any atom is 0.151 e. The first-order chi connectivity index (χ1) is 7.20. The molecule has 0 amide bonds. The molecule has 2 nitrogen and oxygen atoms in total. The Balaban J connectivity index is 2.31. The summed E-state index contributed by atoms with van der Waals surface area (Å²) in [6.45, 7) is 3.73. The van der Waals surface area contributed by atoms with E-state index in [2.05, 4.69) is 4.90 Å². The molecule has 0 atom stereocenters. The number of rotatable bonds is 1. The van der Waals surface area contributed by atoms with Crippen molar-refractivity contribution in [2.75, 3.05) is 23.7 Å². The van der Waals surface area contributed by atoms with E-state index in [0.717, 1.165) is 18.8 Å². The summed E-state index contributed by atoms with van der Waals surface area (Å²) in [4.78, 5) is 2.18. The van der Waals surface area contributed by atoms with Gasteiger partial charge in [0.05, 0.1) is 11.4 Å². The summed E-state index contributed by atoms with van der Waals surface area (Å²) >= 11 is 0. The van der Waals surface area contributed by atoms with Crippen LogP contribution in [0.25, 0.3) is 0 Å². The van der Waals surface area contributed by atoms with Crippen molar-refractivity contribution in [1.29, 1.82) is 0 Å². The SMILES string of the molecule is Cc1ccc(N2CCCCC2)c(N)c1F. The number of halogens is 1. The van der Waals surface area contributed by atoms with Crippen LogP contribution in [-0.4, -0.2) is 13.1 Å². The molecule has 0 spiro atoms. The van der Waals surface area contributed by atoms with Crippen molar-refractivity contribution in [3.8, 4) is 0 Å². The molecular formula is C12H17FN2. The van der Waals surface area contributed by atoms with Gasteiger partial charge in [0.25, 0.3) is 0 Å². The highest BCUT2D eigenvalue weighted by Gasteiger charge is 2.16. The van der Waals surface area contributed by atoms with Crippen molar-refractivity contribution >= 4 is 11.4 Å². The Kier molecular flexibility index (Phi) is 2.80. The van der Waals surface area contributed by atoms with Gasteiger partial charge in [-0.2, -0.15) is 0 Å². The fraction of sp³-hybridized carbons (Fsp3) is 0.500. The van der Waals surface area contributed by atoms with Crippen LogP contribution in [0, 0.1) is 12.7 Å². The Labute approximate surface area is 89.9 Å². The molecule has 1 aliphatic heterocycles. The topological polar surface area (TPSA) is 29.3 Å². The van der Waals surface area contributed by atoms with Gasteiger partial charge in [-0.1, -0.05) is 6.07 Å². The van der Waals surface area contributed by atoms with E-state index < -0.39 is 0 Å². The third kappa shape index (κ3) is 1.91. The van der Waals surface area contributed by atoms with Crippen molar-refractivity contribution < 1.29 is 4.39 Å². The third-order valence-electron chi connectivity index (χ3n) is 3.05. The largest absolute Gasteiger partial charge is 0.395 e. The molecule has 1 fully saturated rings. The van der Waals surface area contributed by atoms with Crippen LogP contribution < -0.4 is 10.6 Å². The van der Waals surface area contributed by atoms with Gasteiger partial charge >= 0.3 is 0 Å². The molecule has 82 valence electrons. The molecule has 2 N–H and O–H groups in total. The number of hydrogen-bond acceptors (Lipinski definition) is 2. The number of benzene rings is 1. The normalized spacial score (nSPS) is 16.8. The minimum absolute atomic E-state index is 0.266. The van der Waals surface area contributed by atoms with E-state index in [1.54, 1.807) is 13.0 Å². The van der Waals surface area contributed by atoms with Crippen LogP contribution in [0.15, 0.2) is 12.1 Å². The van der Waals surface area contributed by atoms with Gasteiger partial charge in [0.2, 0.25) is 0 Å². The molecule has 0 radical (unpaired) electrons. The Morgan fingerprint density at radius 2 is 1.87 bits per heavy atom. The molecule has 0 bridgehead atoms. The minimum atomic E-state index is -0.266. The van der Waals surface area contributed by atoms with Gasteiger partial charge in [-0.05, 0) is 37.8 Å². The van der Waals surface area contributed by atoms with Crippen LogP contribution in [0.1, 0.15) is 24.8 Å². The van der Waals surface area contributed by atoms with Gasteiger partial charge in [-0.25, -0.2) is 4.39 Å². The summed E-state index contributed by atoms with van der Waals surface area (Å²) in [6.07, 6.45) is 3.62. The molecular weight excluding hydrogens is 191 g/mol. The second-order valence-electron chi connectivity index (χ2n) is 4.18. The summed E-state index contributed by atoms with van der Waals surface area (Å²) in [5.41, 5.74) is 7.58. The summed E-state index contributed by atoms with van der Waals surface area (Å²) in [6, 6.07) is 3.73. The van der Waals surface area contributed by atoms with Crippen molar-refractivity contribution in [3.63, 3.8) is 0 Å². The molecule has 0 aliphatic carbocycles. The lowest BCUT2D eigenvalue weighted by atomic mass is 10.1. The first-order valence-corrected chi connectivity index (χ1v) is 5.49. The van der Waals surface area contributed by atoms with Gasteiger partial charge in [0.15, 0.2) is 5.82 Å². The summed E-state index contributed by atoms with van der Waals surface area (Å²) in [5.74, 6) is -0.266. The van der Waals surface area contributed by atoms with Crippen LogP contribution in [0.5, 0.6) is 0 Å². The highest BCUT2D eigenvalue weighted by atomic mass is 19.1. The molecule has 1 saturated heterocycles. The first-order valence-electron chi connectivity index (χ1n) is 5.49. The van der Waals surface area contributed by atoms with Crippen molar-refractivity contribution in [1.82, 2.24) is 0 Å². The Morgan fingerprint density at radius 3 is 2.53 bits per heavy atom. The van der Waals surface area contributed by atoms with E-state index in [1.165, 1.54) is 19.3 Å². The lowest BCUT2D eigenvalue weighted by Crippen LogP contribution is -2.30. The van der Waals surface area contributed by atoms with Crippen LogP contribution in [-0.2, 0) is 0 Å². The average Bonchev–Trinajstić information content (AvgIpc) is 2.27. The van der Waals surface area contributed by atoms with Crippen molar-refractivity contribution in [3.05, 3.63) is 23.5 Å². The summed E-state index contributed by atoms with van der Waals surface area (Å²) in [7, 11) is 0. The van der Waals surface area contributed by atoms with E-state index in [0.29, 0.717) is 11.3 Å². The number of anilines is 2. The van der Waals surface area contributed by atoms with Gasteiger partial charge in [0.1, 0.15) is 0 Å². The van der Waals surface area contributed by atoms with Gasteiger partial charge in [0, 0.05) is 13.1 Å². The number of nitrogens with zero attached hydrogens (tertiary/aromatic N) is 1. The number of nitrogens with two attached hydrogens (primary N) is 1. The van der Waals surface area contributed by atoms with Crippen LogP contribution in [0.2, 0.25) is 0 Å². The predicted octanol–water partition coefficient (Wildman–Crippen LogP) is 2.71. The fourth-order valence-corrected chi connectivity index (χ4v) is 2.10. The molecule has 1 aliphatic rings. The minimum Gasteiger partial charge on any atom is -0.395 e. The molecule has 15 heavy (non-hydrogen) atoms. The van der Waals surface area contributed by atoms with E-state index >= 15 is 0 Å². The first kappa shape index (κ1) is 10.3. The molecule has 1 heterocycles. The smallest absolute Gasteiger partial charge is 0.151 e. The predicted molar refractivity (Wildman–Crippen MR) is 61.6 cm³/mol. The van der Waals surface area contributed by atoms with E-state index in [-0.39, 0.29) is 5.82 Å². The van der Waals surface area contributed by atoms with Crippen molar-refractivity contribution in [2.45, 2.75) is 26.2 Å². The third-order valence-corrected chi connectivity index (χ3v) is 3.05. The monoisotopic (exact) mass is 208 g/mol. The summed E-state index contributed by atoms with van der Waals surface area (Å²) < 4.78 is 13.6. The zero-order chi connectivity index (χ0) is 10.8. The quantitative estimate of drug-likeness (QED) is 0.719. The highest BCUT2D eigenvalue weighted by molar-refractivity contribution is 5.69. The Hall–Kier alpha value is -1.25. The van der Waals surface area contributed by atoms with E-state index in [4.69, 9.17) is 5.73 Å². The number of hydrogen-bond donors (Lipinski definition) is 1.